The Labute approximate surface area is 171 Å². The molecule has 29 heavy (non-hydrogen) atoms. The Balaban J connectivity index is 1.77. The number of fused-ring (bicyclic) bond motifs is 5. The summed E-state index contributed by atoms with van der Waals surface area (Å²) in [5, 5.41) is 22.3. The van der Waals surface area contributed by atoms with E-state index in [4.69, 9.17) is 4.74 Å². The van der Waals surface area contributed by atoms with Gasteiger partial charge in [0.1, 0.15) is 23.9 Å². The van der Waals surface area contributed by atoms with Crippen LogP contribution in [0.1, 0.15) is 48.8 Å². The molecule has 1 spiro atoms. The second kappa shape index (κ2) is 7.14. The van der Waals surface area contributed by atoms with E-state index in [2.05, 4.69) is 18.2 Å². The number of benzene rings is 3. The third-order valence-electron chi connectivity index (χ3n) is 6.60. The lowest BCUT2D eigenvalue weighted by molar-refractivity contribution is 0.274. The van der Waals surface area contributed by atoms with E-state index in [0.29, 0.717) is 18.1 Å². The quantitative estimate of drug-likeness (QED) is 0.491. The summed E-state index contributed by atoms with van der Waals surface area (Å²) in [6, 6.07) is 15.5. The molecule has 0 aromatic heterocycles. The van der Waals surface area contributed by atoms with E-state index < -0.39 is 0 Å². The second-order valence-corrected chi connectivity index (χ2v) is 8.46. The van der Waals surface area contributed by atoms with Crippen molar-refractivity contribution in [3.05, 3.63) is 71.3 Å². The van der Waals surface area contributed by atoms with Crippen molar-refractivity contribution in [3.63, 3.8) is 0 Å². The average molecular weight is 386 g/mol. The van der Waals surface area contributed by atoms with Gasteiger partial charge in [-0.05, 0) is 77.6 Å². The number of aromatic hydroxyl groups is 2. The fraction of sp³-hybridized carbons (Fsp3) is 0.308. The highest BCUT2D eigenvalue weighted by Crippen LogP contribution is 2.49. The molecule has 3 nitrogen and oxygen atoms in total. The van der Waals surface area contributed by atoms with Gasteiger partial charge >= 0.3 is 0 Å². The molecule has 1 aliphatic heterocycles. The second-order valence-electron chi connectivity index (χ2n) is 8.46. The predicted octanol–water partition coefficient (Wildman–Crippen LogP) is 6.10. The van der Waals surface area contributed by atoms with Gasteiger partial charge in [0.05, 0.1) is 0 Å². The highest BCUT2D eigenvalue weighted by Gasteiger charge is 2.38. The molecule has 3 aromatic carbocycles. The van der Waals surface area contributed by atoms with Gasteiger partial charge in [0, 0.05) is 11.0 Å². The third kappa shape index (κ3) is 3.25. The van der Waals surface area contributed by atoms with Gasteiger partial charge < -0.3 is 14.9 Å². The van der Waals surface area contributed by atoms with Crippen LogP contribution in [0.4, 0.5) is 0 Å². The van der Waals surface area contributed by atoms with Crippen molar-refractivity contribution in [2.45, 2.75) is 43.9 Å². The van der Waals surface area contributed by atoms with E-state index in [-0.39, 0.29) is 5.41 Å². The van der Waals surface area contributed by atoms with E-state index in [9.17, 15) is 10.2 Å². The highest BCUT2D eigenvalue weighted by molar-refractivity contribution is 5.90. The smallest absolute Gasteiger partial charge is 0.124 e. The van der Waals surface area contributed by atoms with Gasteiger partial charge in [0.15, 0.2) is 0 Å². The fourth-order valence-corrected chi connectivity index (χ4v) is 5.28. The number of ether oxygens (including phenoxy) is 1. The van der Waals surface area contributed by atoms with Crippen molar-refractivity contribution < 1.29 is 14.9 Å². The van der Waals surface area contributed by atoms with Crippen LogP contribution in [0.25, 0.3) is 16.8 Å². The van der Waals surface area contributed by atoms with Gasteiger partial charge in [-0.15, -0.1) is 0 Å². The molecular formula is C26H26O3. The molecule has 0 amide bonds. The summed E-state index contributed by atoms with van der Waals surface area (Å²) in [5.74, 6) is 1.54. The maximum Gasteiger partial charge on any atom is 0.124 e. The first-order valence-corrected chi connectivity index (χ1v) is 10.5. The van der Waals surface area contributed by atoms with Gasteiger partial charge in [-0.2, -0.15) is 0 Å². The number of hydrogen-bond acceptors (Lipinski definition) is 3. The van der Waals surface area contributed by atoms with Crippen LogP contribution in [0.5, 0.6) is 17.2 Å². The number of hydrogen-bond donors (Lipinski definition) is 2. The molecule has 2 N–H and O–H groups in total. The largest absolute Gasteiger partial charge is 0.508 e. The van der Waals surface area contributed by atoms with Crippen LogP contribution >= 0.6 is 0 Å². The van der Waals surface area contributed by atoms with Gasteiger partial charge in [-0.3, -0.25) is 0 Å². The molecule has 1 fully saturated rings. The maximum atomic E-state index is 10.0. The third-order valence-corrected chi connectivity index (χ3v) is 6.60. The zero-order valence-corrected chi connectivity index (χ0v) is 16.5. The minimum absolute atomic E-state index is 0.0129. The first-order chi connectivity index (χ1) is 14.1. The molecule has 0 saturated heterocycles. The van der Waals surface area contributed by atoms with Gasteiger partial charge in [0.25, 0.3) is 0 Å². The minimum atomic E-state index is -0.0129. The van der Waals surface area contributed by atoms with Crippen LogP contribution < -0.4 is 4.74 Å². The standard InChI is InChI=1S/C26H26O3/c27-21-8-6-20-17-26(12-2-1-3-13-26)25-23-10-9-22(28)16-19(23)7-11-24(25)29-14-4-5-18(20)15-21/h4-11,15-16,27-28H,1-3,12-14,17H2/b5-4-. The summed E-state index contributed by atoms with van der Waals surface area (Å²) in [5.41, 5.74) is 3.61. The van der Waals surface area contributed by atoms with Crippen molar-refractivity contribution in [2.24, 2.45) is 0 Å². The number of phenols is 2. The topological polar surface area (TPSA) is 49.7 Å². The van der Waals surface area contributed by atoms with Gasteiger partial charge in [0.2, 0.25) is 0 Å². The molecule has 3 aromatic rings. The summed E-state index contributed by atoms with van der Waals surface area (Å²) in [6.45, 7) is 0.488. The van der Waals surface area contributed by atoms with Crippen molar-refractivity contribution in [3.8, 4) is 17.2 Å². The lowest BCUT2D eigenvalue weighted by Crippen LogP contribution is -2.33. The van der Waals surface area contributed by atoms with E-state index >= 15 is 0 Å². The zero-order valence-electron chi connectivity index (χ0n) is 16.5. The van der Waals surface area contributed by atoms with Crippen LogP contribution in [0, 0.1) is 0 Å². The summed E-state index contributed by atoms with van der Waals surface area (Å²) in [7, 11) is 0. The number of phenolic OH excluding ortho intramolecular Hbond substituents is 2. The highest BCUT2D eigenvalue weighted by atomic mass is 16.5. The lowest BCUT2D eigenvalue weighted by Gasteiger charge is -2.40. The summed E-state index contributed by atoms with van der Waals surface area (Å²) < 4.78 is 6.26. The molecule has 5 rings (SSSR count). The summed E-state index contributed by atoms with van der Waals surface area (Å²) in [4.78, 5) is 0. The van der Waals surface area contributed by atoms with E-state index in [1.807, 2.05) is 30.3 Å². The van der Waals surface area contributed by atoms with E-state index in [0.717, 1.165) is 36.0 Å². The van der Waals surface area contributed by atoms with Crippen LogP contribution in [0.15, 0.2) is 54.6 Å². The fourth-order valence-electron chi connectivity index (χ4n) is 5.28. The van der Waals surface area contributed by atoms with Gasteiger partial charge in [-0.1, -0.05) is 43.5 Å². The Morgan fingerprint density at radius 1 is 0.828 bits per heavy atom. The van der Waals surface area contributed by atoms with Crippen LogP contribution in [0.2, 0.25) is 0 Å². The maximum absolute atomic E-state index is 10.0. The minimum Gasteiger partial charge on any atom is -0.508 e. The Morgan fingerprint density at radius 3 is 2.48 bits per heavy atom. The molecule has 3 heteroatoms. The van der Waals surface area contributed by atoms with Crippen molar-refractivity contribution in [2.75, 3.05) is 6.61 Å². The molecule has 1 heterocycles. The number of rotatable bonds is 0. The van der Waals surface area contributed by atoms with Crippen LogP contribution in [-0.4, -0.2) is 16.8 Å². The zero-order chi connectivity index (χ0) is 19.8. The molecule has 148 valence electrons. The Morgan fingerprint density at radius 2 is 1.62 bits per heavy atom. The van der Waals surface area contributed by atoms with Crippen molar-refractivity contribution >= 4 is 16.8 Å². The molecule has 0 atom stereocenters. The summed E-state index contributed by atoms with van der Waals surface area (Å²) >= 11 is 0. The molecule has 2 aliphatic rings. The van der Waals surface area contributed by atoms with Crippen LogP contribution in [-0.2, 0) is 11.8 Å². The average Bonchev–Trinajstić information content (AvgIpc) is 2.73. The molecule has 0 radical (unpaired) electrons. The SMILES string of the molecule is Oc1ccc2c(c1)/C=C\COc1ccc3cc(O)ccc3c1C1(CCCCC1)C2. The lowest BCUT2D eigenvalue weighted by atomic mass is 9.64. The normalized spacial score (nSPS) is 19.2. The Bertz CT molecular complexity index is 1090. The van der Waals surface area contributed by atoms with Crippen molar-refractivity contribution in [1.29, 1.82) is 0 Å². The predicted molar refractivity (Wildman–Crippen MR) is 117 cm³/mol. The summed E-state index contributed by atoms with van der Waals surface area (Å²) in [6.07, 6.45) is 10.9. The molecular weight excluding hydrogens is 360 g/mol. The molecule has 0 unspecified atom stereocenters. The molecule has 1 aliphatic carbocycles. The van der Waals surface area contributed by atoms with Crippen LogP contribution in [0.3, 0.4) is 0 Å². The monoisotopic (exact) mass is 386 g/mol. The van der Waals surface area contributed by atoms with Crippen molar-refractivity contribution in [1.82, 2.24) is 0 Å². The Hall–Kier alpha value is -2.94. The van der Waals surface area contributed by atoms with E-state index in [1.165, 1.54) is 35.8 Å². The molecule has 0 bridgehead atoms. The molecule has 1 saturated carbocycles. The Kier molecular flexibility index (Phi) is 4.46. The first kappa shape index (κ1) is 18.1. The van der Waals surface area contributed by atoms with E-state index in [1.54, 1.807) is 12.1 Å². The first-order valence-electron chi connectivity index (χ1n) is 10.5. The van der Waals surface area contributed by atoms with Gasteiger partial charge in [-0.25, -0.2) is 0 Å².